The highest BCUT2D eigenvalue weighted by molar-refractivity contribution is 5.82. The molecule has 148 valence electrons. The molecule has 5 nitrogen and oxygen atoms in total. The fourth-order valence-electron chi connectivity index (χ4n) is 2.41. The zero-order chi connectivity index (χ0) is 19.1. The van der Waals surface area contributed by atoms with E-state index in [0.717, 1.165) is 25.7 Å². The molecule has 0 heterocycles. The fourth-order valence-corrected chi connectivity index (χ4v) is 2.41. The second-order valence-corrected chi connectivity index (χ2v) is 7.72. The average molecular weight is 358 g/mol. The molecule has 25 heavy (non-hydrogen) atoms. The lowest BCUT2D eigenvalue weighted by Gasteiger charge is -2.29. The van der Waals surface area contributed by atoms with Crippen LogP contribution in [0.1, 0.15) is 92.4 Å². The zero-order valence-corrected chi connectivity index (χ0v) is 17.0. The summed E-state index contributed by atoms with van der Waals surface area (Å²) >= 11 is 0. The van der Waals surface area contributed by atoms with E-state index in [0.29, 0.717) is 13.2 Å². The van der Waals surface area contributed by atoms with Crippen molar-refractivity contribution in [2.24, 2.45) is 5.41 Å². The number of carbonyl (C=O) groups is 2. The van der Waals surface area contributed by atoms with Crippen LogP contribution in [0.4, 0.5) is 4.79 Å². The van der Waals surface area contributed by atoms with E-state index >= 15 is 0 Å². The van der Waals surface area contributed by atoms with E-state index in [1.807, 2.05) is 27.7 Å². The minimum Gasteiger partial charge on any atom is -0.464 e. The van der Waals surface area contributed by atoms with Gasteiger partial charge in [-0.3, -0.25) is 0 Å². The van der Waals surface area contributed by atoms with Crippen molar-refractivity contribution in [3.8, 4) is 0 Å². The third-order valence-electron chi connectivity index (χ3n) is 4.09. The number of carbonyl (C=O) groups excluding carboxylic acids is 2. The van der Waals surface area contributed by atoms with Gasteiger partial charge in [0.05, 0.1) is 13.2 Å². The number of rotatable bonds is 13. The molecular formula is C20H39NO4. The lowest BCUT2D eigenvalue weighted by Crippen LogP contribution is -2.50. The molecule has 1 unspecified atom stereocenters. The minimum atomic E-state index is -0.703. The molecule has 0 spiro atoms. The van der Waals surface area contributed by atoms with Gasteiger partial charge in [-0.05, 0) is 18.3 Å². The van der Waals surface area contributed by atoms with Crippen LogP contribution < -0.4 is 5.32 Å². The van der Waals surface area contributed by atoms with E-state index in [9.17, 15) is 9.59 Å². The van der Waals surface area contributed by atoms with Gasteiger partial charge in [-0.25, -0.2) is 9.59 Å². The van der Waals surface area contributed by atoms with E-state index in [1.54, 1.807) is 0 Å². The van der Waals surface area contributed by atoms with Crippen molar-refractivity contribution in [3.05, 3.63) is 0 Å². The van der Waals surface area contributed by atoms with Crippen LogP contribution in [-0.4, -0.2) is 31.3 Å². The predicted octanol–water partition coefficient (Wildman–Crippen LogP) is 5.22. The molecular weight excluding hydrogens is 318 g/mol. The SMILES string of the molecule is CCCCCCCCCOC(=O)C(NC(=O)OCCCC)C(C)(C)C. The Morgan fingerprint density at radius 1 is 0.800 bits per heavy atom. The van der Waals surface area contributed by atoms with Crippen LogP contribution in [0, 0.1) is 5.41 Å². The maximum atomic E-state index is 12.3. The summed E-state index contributed by atoms with van der Waals surface area (Å²) in [6.45, 7) is 10.7. The Morgan fingerprint density at radius 2 is 1.32 bits per heavy atom. The molecule has 5 heteroatoms. The normalized spacial score (nSPS) is 12.5. The Bertz CT molecular complexity index is 363. The molecule has 1 N–H and O–H groups in total. The molecule has 1 amide bonds. The van der Waals surface area contributed by atoms with Gasteiger partial charge < -0.3 is 14.8 Å². The third-order valence-corrected chi connectivity index (χ3v) is 4.09. The first-order valence-electron chi connectivity index (χ1n) is 9.92. The molecule has 0 aromatic heterocycles. The van der Waals surface area contributed by atoms with Crippen molar-refractivity contribution < 1.29 is 19.1 Å². The molecule has 0 saturated carbocycles. The van der Waals surface area contributed by atoms with Gasteiger partial charge in [-0.15, -0.1) is 0 Å². The highest BCUT2D eigenvalue weighted by Crippen LogP contribution is 2.21. The first-order valence-corrected chi connectivity index (χ1v) is 9.92. The third kappa shape index (κ3) is 12.7. The first kappa shape index (κ1) is 23.7. The van der Waals surface area contributed by atoms with Crippen LogP contribution in [0.5, 0.6) is 0 Å². The topological polar surface area (TPSA) is 64.6 Å². The van der Waals surface area contributed by atoms with Gasteiger partial charge in [-0.2, -0.15) is 0 Å². The molecule has 0 aliphatic heterocycles. The Hall–Kier alpha value is -1.26. The van der Waals surface area contributed by atoms with Crippen molar-refractivity contribution >= 4 is 12.1 Å². The second-order valence-electron chi connectivity index (χ2n) is 7.72. The average Bonchev–Trinajstić information content (AvgIpc) is 2.54. The maximum absolute atomic E-state index is 12.3. The highest BCUT2D eigenvalue weighted by Gasteiger charge is 2.34. The number of amides is 1. The molecule has 0 saturated heterocycles. The number of hydrogen-bond donors (Lipinski definition) is 1. The van der Waals surface area contributed by atoms with Crippen LogP contribution in [0.25, 0.3) is 0 Å². The molecule has 0 aliphatic carbocycles. The van der Waals surface area contributed by atoms with Crippen LogP contribution in [-0.2, 0) is 14.3 Å². The van der Waals surface area contributed by atoms with Crippen molar-refractivity contribution in [1.29, 1.82) is 0 Å². The van der Waals surface area contributed by atoms with Gasteiger partial charge in [0.2, 0.25) is 0 Å². The van der Waals surface area contributed by atoms with Crippen LogP contribution in [0.2, 0.25) is 0 Å². The molecule has 0 rings (SSSR count). The summed E-state index contributed by atoms with van der Waals surface area (Å²) in [5, 5.41) is 2.66. The minimum absolute atomic E-state index is 0.367. The van der Waals surface area contributed by atoms with E-state index in [-0.39, 0.29) is 5.97 Å². The van der Waals surface area contributed by atoms with E-state index in [1.165, 1.54) is 32.1 Å². The Labute approximate surface area is 154 Å². The number of nitrogens with one attached hydrogen (secondary N) is 1. The Balaban J connectivity index is 4.14. The van der Waals surface area contributed by atoms with Gasteiger partial charge in [0, 0.05) is 0 Å². The van der Waals surface area contributed by atoms with Gasteiger partial charge >= 0.3 is 12.1 Å². The van der Waals surface area contributed by atoms with Crippen molar-refractivity contribution in [3.63, 3.8) is 0 Å². The van der Waals surface area contributed by atoms with E-state index in [2.05, 4.69) is 12.2 Å². The van der Waals surface area contributed by atoms with Gasteiger partial charge in [0.1, 0.15) is 6.04 Å². The van der Waals surface area contributed by atoms with Gasteiger partial charge in [0.25, 0.3) is 0 Å². The standard InChI is InChI=1S/C20H39NO4/c1-6-8-10-11-12-13-14-16-24-18(22)17(20(3,4)5)21-19(23)25-15-9-7-2/h17H,6-16H2,1-5H3,(H,21,23). The molecule has 0 fully saturated rings. The van der Waals surface area contributed by atoms with Crippen molar-refractivity contribution in [1.82, 2.24) is 5.32 Å². The number of unbranched alkanes of at least 4 members (excludes halogenated alkanes) is 7. The van der Waals surface area contributed by atoms with E-state index in [4.69, 9.17) is 9.47 Å². The van der Waals surface area contributed by atoms with Crippen LogP contribution in [0.15, 0.2) is 0 Å². The fraction of sp³-hybridized carbons (Fsp3) is 0.900. The summed E-state index contributed by atoms with van der Waals surface area (Å²) in [7, 11) is 0. The molecule has 0 radical (unpaired) electrons. The zero-order valence-electron chi connectivity index (χ0n) is 17.0. The summed E-state index contributed by atoms with van der Waals surface area (Å²) in [5.41, 5.74) is -0.430. The summed E-state index contributed by atoms with van der Waals surface area (Å²) < 4.78 is 10.5. The quantitative estimate of drug-likeness (QED) is 0.362. The maximum Gasteiger partial charge on any atom is 0.407 e. The summed E-state index contributed by atoms with van der Waals surface area (Å²) in [4.78, 5) is 24.2. The second kappa shape index (κ2) is 14.0. The first-order chi connectivity index (χ1) is 11.8. The van der Waals surface area contributed by atoms with Crippen LogP contribution >= 0.6 is 0 Å². The molecule has 0 bridgehead atoms. The van der Waals surface area contributed by atoms with Gasteiger partial charge in [-0.1, -0.05) is 79.6 Å². The van der Waals surface area contributed by atoms with E-state index < -0.39 is 17.6 Å². The Morgan fingerprint density at radius 3 is 1.88 bits per heavy atom. The summed E-state index contributed by atoms with van der Waals surface area (Å²) in [5.74, 6) is -0.383. The molecule has 0 aliphatic rings. The van der Waals surface area contributed by atoms with Crippen molar-refractivity contribution in [2.45, 2.75) is 98.4 Å². The number of esters is 1. The van der Waals surface area contributed by atoms with Crippen molar-refractivity contribution in [2.75, 3.05) is 13.2 Å². The lowest BCUT2D eigenvalue weighted by molar-refractivity contribution is -0.149. The monoisotopic (exact) mass is 357 g/mol. The predicted molar refractivity (Wildman–Crippen MR) is 102 cm³/mol. The lowest BCUT2D eigenvalue weighted by atomic mass is 9.87. The molecule has 0 aromatic rings. The number of hydrogen-bond acceptors (Lipinski definition) is 4. The summed E-state index contributed by atoms with van der Waals surface area (Å²) in [6, 6.07) is -0.703. The number of ether oxygens (including phenoxy) is 2. The smallest absolute Gasteiger partial charge is 0.407 e. The molecule has 1 atom stereocenters. The largest absolute Gasteiger partial charge is 0.464 e. The Kier molecular flexibility index (Phi) is 13.3. The number of alkyl carbamates (subject to hydrolysis) is 1. The summed E-state index contributed by atoms with van der Waals surface area (Å²) in [6.07, 6.45) is 9.42. The molecule has 0 aromatic carbocycles. The van der Waals surface area contributed by atoms with Gasteiger partial charge in [0.15, 0.2) is 0 Å². The highest BCUT2D eigenvalue weighted by atomic mass is 16.6. The van der Waals surface area contributed by atoms with Crippen LogP contribution in [0.3, 0.4) is 0 Å².